The molecule has 0 bridgehead atoms. The summed E-state index contributed by atoms with van der Waals surface area (Å²) < 4.78 is 10.9. The summed E-state index contributed by atoms with van der Waals surface area (Å²) in [7, 11) is 0. The summed E-state index contributed by atoms with van der Waals surface area (Å²) in [5.74, 6) is 1.01. The van der Waals surface area contributed by atoms with Gasteiger partial charge in [-0.05, 0) is 63.1 Å². The Morgan fingerprint density at radius 3 is 2.43 bits per heavy atom. The fourth-order valence-corrected chi connectivity index (χ4v) is 3.63. The highest BCUT2D eigenvalue weighted by Crippen LogP contribution is 2.29. The molecule has 1 aliphatic rings. The molecule has 1 aliphatic heterocycles. The number of benzene rings is 2. The number of hydrogen-bond donors (Lipinski definition) is 1. The molecule has 0 aliphatic carbocycles. The molecule has 0 saturated carbocycles. The molecule has 2 aromatic rings. The van der Waals surface area contributed by atoms with Crippen molar-refractivity contribution in [2.24, 2.45) is 5.92 Å². The number of anilines is 1. The SMILES string of the molecule is CCOC(=O)C1CCN(C(=O)C(C)Nc2ccc(Oc3ccccc3Cl)cc2)CC1. The van der Waals surface area contributed by atoms with E-state index in [1.165, 1.54) is 0 Å². The third-order valence-corrected chi connectivity index (χ3v) is 5.41. The van der Waals surface area contributed by atoms with E-state index in [9.17, 15) is 9.59 Å². The lowest BCUT2D eigenvalue weighted by Gasteiger charge is -2.33. The Kier molecular flexibility index (Phi) is 7.57. The largest absolute Gasteiger partial charge is 0.466 e. The van der Waals surface area contributed by atoms with Crippen molar-refractivity contribution in [3.63, 3.8) is 0 Å². The zero-order chi connectivity index (χ0) is 21.5. The highest BCUT2D eigenvalue weighted by Gasteiger charge is 2.30. The van der Waals surface area contributed by atoms with E-state index in [2.05, 4.69) is 5.32 Å². The lowest BCUT2D eigenvalue weighted by atomic mass is 9.96. The van der Waals surface area contributed by atoms with Crippen LogP contribution < -0.4 is 10.1 Å². The maximum Gasteiger partial charge on any atom is 0.309 e. The molecule has 1 atom stereocenters. The fraction of sp³-hybridized carbons (Fsp3) is 0.391. The maximum absolute atomic E-state index is 12.8. The van der Waals surface area contributed by atoms with Crippen molar-refractivity contribution in [2.75, 3.05) is 25.0 Å². The summed E-state index contributed by atoms with van der Waals surface area (Å²) in [6.07, 6.45) is 1.29. The number of hydrogen-bond acceptors (Lipinski definition) is 5. The molecule has 6 nitrogen and oxygen atoms in total. The van der Waals surface area contributed by atoms with Crippen LogP contribution in [0.2, 0.25) is 5.02 Å². The van der Waals surface area contributed by atoms with Crippen molar-refractivity contribution in [3.8, 4) is 11.5 Å². The Morgan fingerprint density at radius 1 is 1.13 bits per heavy atom. The molecule has 0 aromatic heterocycles. The van der Waals surface area contributed by atoms with Gasteiger partial charge in [-0.2, -0.15) is 0 Å². The number of carbonyl (C=O) groups is 2. The standard InChI is InChI=1S/C23H27ClN2O4/c1-3-29-23(28)17-12-14-26(15-13-17)22(27)16(2)25-18-8-10-19(11-9-18)30-21-7-5-4-6-20(21)24/h4-11,16-17,25H,3,12-15H2,1-2H3. The monoisotopic (exact) mass is 430 g/mol. The van der Waals surface area contributed by atoms with Crippen molar-refractivity contribution in [1.29, 1.82) is 0 Å². The van der Waals surface area contributed by atoms with Crippen molar-refractivity contribution in [2.45, 2.75) is 32.7 Å². The number of para-hydroxylation sites is 1. The van der Waals surface area contributed by atoms with Gasteiger partial charge < -0.3 is 19.7 Å². The first kappa shape index (κ1) is 22.0. The third-order valence-electron chi connectivity index (χ3n) is 5.10. The van der Waals surface area contributed by atoms with E-state index < -0.39 is 0 Å². The average molecular weight is 431 g/mol. The van der Waals surface area contributed by atoms with Gasteiger partial charge in [-0.15, -0.1) is 0 Å². The van der Waals surface area contributed by atoms with E-state index in [1.807, 2.05) is 48.2 Å². The number of rotatable bonds is 7. The Labute approximate surface area is 182 Å². The van der Waals surface area contributed by atoms with Gasteiger partial charge in [0.2, 0.25) is 5.91 Å². The number of amides is 1. The molecule has 160 valence electrons. The zero-order valence-electron chi connectivity index (χ0n) is 17.3. The summed E-state index contributed by atoms with van der Waals surface area (Å²) in [6, 6.07) is 14.3. The van der Waals surface area contributed by atoms with Gasteiger partial charge in [0.1, 0.15) is 17.5 Å². The molecule has 30 heavy (non-hydrogen) atoms. The minimum Gasteiger partial charge on any atom is -0.466 e. The van der Waals surface area contributed by atoms with Crippen molar-refractivity contribution in [3.05, 3.63) is 53.6 Å². The molecule has 0 radical (unpaired) electrons. The number of likely N-dealkylation sites (tertiary alicyclic amines) is 1. The van der Waals surface area contributed by atoms with Crippen LogP contribution in [0.15, 0.2) is 48.5 Å². The lowest BCUT2D eigenvalue weighted by Crippen LogP contribution is -2.46. The molecule has 1 unspecified atom stereocenters. The lowest BCUT2D eigenvalue weighted by molar-refractivity contribution is -0.151. The van der Waals surface area contributed by atoms with Crippen LogP contribution in [0.1, 0.15) is 26.7 Å². The van der Waals surface area contributed by atoms with Gasteiger partial charge in [0.05, 0.1) is 17.5 Å². The van der Waals surface area contributed by atoms with Gasteiger partial charge in [0, 0.05) is 18.8 Å². The van der Waals surface area contributed by atoms with E-state index in [0.29, 0.717) is 49.1 Å². The van der Waals surface area contributed by atoms with Crippen LogP contribution in [0.25, 0.3) is 0 Å². The first-order valence-corrected chi connectivity index (χ1v) is 10.6. The number of piperidine rings is 1. The Morgan fingerprint density at radius 2 is 1.80 bits per heavy atom. The van der Waals surface area contributed by atoms with E-state index in [1.54, 1.807) is 19.1 Å². The van der Waals surface area contributed by atoms with Crippen LogP contribution in [-0.2, 0) is 14.3 Å². The first-order valence-electron chi connectivity index (χ1n) is 10.2. The van der Waals surface area contributed by atoms with Crippen LogP contribution in [0, 0.1) is 5.92 Å². The number of ether oxygens (including phenoxy) is 2. The molecule has 7 heteroatoms. The Balaban J connectivity index is 1.51. The molecule has 1 fully saturated rings. The van der Waals surface area contributed by atoms with E-state index in [0.717, 1.165) is 5.69 Å². The quantitative estimate of drug-likeness (QED) is 0.643. The van der Waals surface area contributed by atoms with Gasteiger partial charge in [0.15, 0.2) is 0 Å². The molecule has 0 spiro atoms. The molecular formula is C23H27ClN2O4. The minimum atomic E-state index is -0.375. The summed E-state index contributed by atoms with van der Waals surface area (Å²) in [5, 5.41) is 3.78. The third kappa shape index (κ3) is 5.66. The molecule has 1 amide bonds. The van der Waals surface area contributed by atoms with Gasteiger partial charge in [-0.3, -0.25) is 9.59 Å². The zero-order valence-corrected chi connectivity index (χ0v) is 18.0. The van der Waals surface area contributed by atoms with Crippen LogP contribution in [0.4, 0.5) is 5.69 Å². The maximum atomic E-state index is 12.8. The van der Waals surface area contributed by atoms with E-state index in [-0.39, 0.29) is 23.8 Å². The van der Waals surface area contributed by atoms with Crippen LogP contribution in [0.5, 0.6) is 11.5 Å². The molecule has 1 heterocycles. The predicted octanol–water partition coefficient (Wildman–Crippen LogP) is 4.73. The van der Waals surface area contributed by atoms with Crippen LogP contribution in [0.3, 0.4) is 0 Å². The average Bonchev–Trinajstić information content (AvgIpc) is 2.76. The highest BCUT2D eigenvalue weighted by atomic mass is 35.5. The summed E-state index contributed by atoms with van der Waals surface area (Å²) in [5.41, 5.74) is 0.823. The highest BCUT2D eigenvalue weighted by molar-refractivity contribution is 6.32. The second-order valence-electron chi connectivity index (χ2n) is 7.27. The van der Waals surface area contributed by atoms with Crippen molar-refractivity contribution < 1.29 is 19.1 Å². The van der Waals surface area contributed by atoms with Crippen LogP contribution in [-0.4, -0.2) is 42.5 Å². The molecule has 2 aromatic carbocycles. The Hall–Kier alpha value is -2.73. The van der Waals surface area contributed by atoms with E-state index in [4.69, 9.17) is 21.1 Å². The van der Waals surface area contributed by atoms with Gasteiger partial charge >= 0.3 is 5.97 Å². The predicted molar refractivity (Wildman–Crippen MR) is 117 cm³/mol. The van der Waals surface area contributed by atoms with E-state index >= 15 is 0 Å². The minimum absolute atomic E-state index is 0.0219. The molecule has 1 saturated heterocycles. The summed E-state index contributed by atoms with van der Waals surface area (Å²) >= 11 is 6.12. The topological polar surface area (TPSA) is 67.9 Å². The first-order chi connectivity index (χ1) is 14.5. The van der Waals surface area contributed by atoms with Crippen molar-refractivity contribution in [1.82, 2.24) is 4.90 Å². The number of nitrogens with zero attached hydrogens (tertiary/aromatic N) is 1. The molecule has 3 rings (SSSR count). The smallest absolute Gasteiger partial charge is 0.309 e. The number of carbonyl (C=O) groups excluding carboxylic acids is 2. The van der Waals surface area contributed by atoms with Crippen LogP contribution >= 0.6 is 11.6 Å². The fourth-order valence-electron chi connectivity index (χ4n) is 3.45. The Bertz CT molecular complexity index is 864. The molecule has 1 N–H and O–H groups in total. The summed E-state index contributed by atoms with van der Waals surface area (Å²) in [4.78, 5) is 26.4. The normalized spacial score (nSPS) is 15.4. The number of esters is 1. The van der Waals surface area contributed by atoms with Gasteiger partial charge in [-0.1, -0.05) is 23.7 Å². The second kappa shape index (κ2) is 10.3. The van der Waals surface area contributed by atoms with Crippen molar-refractivity contribution >= 4 is 29.2 Å². The number of halogens is 1. The van der Waals surface area contributed by atoms with Gasteiger partial charge in [-0.25, -0.2) is 0 Å². The molecular weight excluding hydrogens is 404 g/mol. The number of nitrogens with one attached hydrogen (secondary N) is 1. The second-order valence-corrected chi connectivity index (χ2v) is 7.68. The summed E-state index contributed by atoms with van der Waals surface area (Å²) in [6.45, 7) is 5.17. The van der Waals surface area contributed by atoms with Gasteiger partial charge in [0.25, 0.3) is 0 Å².